The summed E-state index contributed by atoms with van der Waals surface area (Å²) in [5.41, 5.74) is 0. The molecule has 0 rings (SSSR count). The Labute approximate surface area is 107 Å². The minimum atomic E-state index is -2.51. The van der Waals surface area contributed by atoms with E-state index in [4.69, 9.17) is 19.9 Å². The van der Waals surface area contributed by atoms with Crippen LogP contribution in [0.5, 0.6) is 0 Å². The SMILES string of the molecule is CCC(C)O[Si](Cl)(CC(C)C)OC(C)CC. The Morgan fingerprint density at radius 1 is 0.938 bits per heavy atom. The van der Waals surface area contributed by atoms with Gasteiger partial charge in [0, 0.05) is 18.3 Å². The highest BCUT2D eigenvalue weighted by Crippen LogP contribution is 2.27. The van der Waals surface area contributed by atoms with Crippen molar-refractivity contribution in [1.82, 2.24) is 0 Å². The fourth-order valence-electron chi connectivity index (χ4n) is 1.38. The molecular formula is C12H27ClO2Si. The quantitative estimate of drug-likeness (QED) is 0.477. The molecule has 0 bridgehead atoms. The highest BCUT2D eigenvalue weighted by Gasteiger charge is 2.39. The van der Waals surface area contributed by atoms with E-state index in [1.807, 2.05) is 0 Å². The van der Waals surface area contributed by atoms with Crippen LogP contribution in [0.2, 0.25) is 6.04 Å². The van der Waals surface area contributed by atoms with Crippen molar-refractivity contribution in [3.8, 4) is 0 Å². The topological polar surface area (TPSA) is 18.5 Å². The number of hydrogen-bond donors (Lipinski definition) is 0. The number of rotatable bonds is 8. The molecule has 0 radical (unpaired) electrons. The summed E-state index contributed by atoms with van der Waals surface area (Å²) < 4.78 is 11.9. The largest absolute Gasteiger partial charge is 0.443 e. The zero-order chi connectivity index (χ0) is 12.8. The third-order valence-corrected chi connectivity index (χ3v) is 6.37. The molecule has 0 aliphatic rings. The molecule has 0 aromatic rings. The smallest absolute Gasteiger partial charge is 0.380 e. The van der Waals surface area contributed by atoms with Gasteiger partial charge in [0.05, 0.1) is 0 Å². The summed E-state index contributed by atoms with van der Waals surface area (Å²) in [5.74, 6) is 0.511. The Kier molecular flexibility index (Phi) is 7.90. The van der Waals surface area contributed by atoms with Crippen molar-refractivity contribution in [2.75, 3.05) is 0 Å². The monoisotopic (exact) mass is 266 g/mol. The van der Waals surface area contributed by atoms with E-state index < -0.39 is 7.87 Å². The molecule has 0 heterocycles. The average molecular weight is 267 g/mol. The van der Waals surface area contributed by atoms with Gasteiger partial charge in [-0.2, -0.15) is 0 Å². The van der Waals surface area contributed by atoms with Crippen molar-refractivity contribution < 1.29 is 8.85 Å². The molecule has 0 spiro atoms. The fourth-order valence-corrected chi connectivity index (χ4v) is 5.98. The lowest BCUT2D eigenvalue weighted by atomic mass is 10.3. The van der Waals surface area contributed by atoms with Crippen LogP contribution in [-0.4, -0.2) is 20.1 Å². The van der Waals surface area contributed by atoms with E-state index in [1.165, 1.54) is 0 Å². The molecule has 0 saturated carbocycles. The molecule has 0 aromatic carbocycles. The second kappa shape index (κ2) is 7.70. The average Bonchev–Trinajstić information content (AvgIpc) is 2.15. The van der Waals surface area contributed by atoms with E-state index in [-0.39, 0.29) is 12.2 Å². The first-order valence-electron chi connectivity index (χ1n) is 6.37. The van der Waals surface area contributed by atoms with Gasteiger partial charge in [0.2, 0.25) is 0 Å². The Bertz CT molecular complexity index is 176. The van der Waals surface area contributed by atoms with Crippen LogP contribution in [0.25, 0.3) is 0 Å². The summed E-state index contributed by atoms with van der Waals surface area (Å²) in [7, 11) is -2.51. The molecular weight excluding hydrogens is 240 g/mol. The van der Waals surface area contributed by atoms with Crippen molar-refractivity contribution >= 4 is 18.9 Å². The molecule has 2 atom stereocenters. The molecule has 0 amide bonds. The van der Waals surface area contributed by atoms with Gasteiger partial charge in [0.15, 0.2) is 0 Å². The van der Waals surface area contributed by atoms with E-state index in [0.29, 0.717) is 5.92 Å². The summed E-state index contributed by atoms with van der Waals surface area (Å²) in [6.45, 7) is 12.6. The fraction of sp³-hybridized carbons (Fsp3) is 1.00. The maximum atomic E-state index is 6.58. The number of hydrogen-bond acceptors (Lipinski definition) is 2. The summed E-state index contributed by atoms with van der Waals surface area (Å²) in [6.07, 6.45) is 2.33. The molecule has 98 valence electrons. The molecule has 0 aliphatic carbocycles. The molecule has 0 saturated heterocycles. The van der Waals surface area contributed by atoms with Gasteiger partial charge in [-0.3, -0.25) is 0 Å². The van der Waals surface area contributed by atoms with E-state index in [2.05, 4.69) is 41.5 Å². The first-order chi connectivity index (χ1) is 7.33. The lowest BCUT2D eigenvalue weighted by Gasteiger charge is -2.31. The van der Waals surface area contributed by atoms with Gasteiger partial charge in [-0.1, -0.05) is 38.8 Å². The van der Waals surface area contributed by atoms with Crippen LogP contribution in [0.1, 0.15) is 54.4 Å². The lowest BCUT2D eigenvalue weighted by molar-refractivity contribution is 0.1000. The third kappa shape index (κ3) is 6.89. The second-order valence-electron chi connectivity index (χ2n) is 4.93. The first kappa shape index (κ1) is 16.4. The van der Waals surface area contributed by atoms with Gasteiger partial charge < -0.3 is 8.85 Å². The molecule has 0 fully saturated rings. The zero-order valence-electron chi connectivity index (χ0n) is 11.5. The molecule has 0 aromatic heterocycles. The van der Waals surface area contributed by atoms with Gasteiger partial charge in [-0.15, -0.1) is 0 Å². The van der Waals surface area contributed by atoms with Crippen LogP contribution < -0.4 is 0 Å². The summed E-state index contributed by atoms with van der Waals surface area (Å²) in [5, 5.41) is 0. The normalized spacial score (nSPS) is 19.5. The summed E-state index contributed by atoms with van der Waals surface area (Å²) in [4.78, 5) is 0. The maximum absolute atomic E-state index is 6.58. The maximum Gasteiger partial charge on any atom is 0.443 e. The van der Waals surface area contributed by atoms with E-state index in [1.54, 1.807) is 0 Å². The molecule has 2 nitrogen and oxygen atoms in total. The van der Waals surface area contributed by atoms with Crippen LogP contribution in [0.15, 0.2) is 0 Å². The van der Waals surface area contributed by atoms with E-state index in [0.717, 1.165) is 18.9 Å². The van der Waals surface area contributed by atoms with Crippen molar-refractivity contribution in [2.24, 2.45) is 5.92 Å². The minimum absolute atomic E-state index is 0.187. The standard InChI is InChI=1S/C12H27ClO2Si/c1-7-11(5)14-16(13,9-10(3)4)15-12(6)8-2/h10-12H,7-9H2,1-6H3. The summed E-state index contributed by atoms with van der Waals surface area (Å²) in [6, 6.07) is 0.850. The van der Waals surface area contributed by atoms with Crippen molar-refractivity contribution in [3.63, 3.8) is 0 Å². The highest BCUT2D eigenvalue weighted by molar-refractivity contribution is 7.13. The highest BCUT2D eigenvalue weighted by atomic mass is 35.6. The van der Waals surface area contributed by atoms with Gasteiger partial charge in [0.25, 0.3) is 0 Å². The third-order valence-electron chi connectivity index (χ3n) is 2.56. The lowest BCUT2D eigenvalue weighted by Crippen LogP contribution is -2.42. The molecule has 2 unspecified atom stereocenters. The van der Waals surface area contributed by atoms with Crippen molar-refractivity contribution in [2.45, 2.75) is 72.6 Å². The van der Waals surface area contributed by atoms with Gasteiger partial charge in [-0.25, -0.2) is 0 Å². The van der Waals surface area contributed by atoms with E-state index >= 15 is 0 Å². The van der Waals surface area contributed by atoms with Crippen LogP contribution in [0, 0.1) is 5.92 Å². The Morgan fingerprint density at radius 2 is 1.31 bits per heavy atom. The Morgan fingerprint density at radius 3 is 1.56 bits per heavy atom. The zero-order valence-corrected chi connectivity index (χ0v) is 13.3. The van der Waals surface area contributed by atoms with Crippen molar-refractivity contribution in [1.29, 1.82) is 0 Å². The van der Waals surface area contributed by atoms with Crippen molar-refractivity contribution in [3.05, 3.63) is 0 Å². The first-order valence-corrected chi connectivity index (χ1v) is 9.41. The molecule has 0 aliphatic heterocycles. The molecule has 0 N–H and O–H groups in total. The summed E-state index contributed by atoms with van der Waals surface area (Å²) >= 11 is 6.58. The van der Waals surface area contributed by atoms with Crippen LogP contribution in [-0.2, 0) is 8.85 Å². The van der Waals surface area contributed by atoms with Crippen LogP contribution in [0.3, 0.4) is 0 Å². The van der Waals surface area contributed by atoms with Crippen LogP contribution in [0.4, 0.5) is 0 Å². The Balaban J connectivity index is 4.47. The minimum Gasteiger partial charge on any atom is -0.380 e. The number of halogens is 1. The van der Waals surface area contributed by atoms with Crippen LogP contribution >= 0.6 is 11.1 Å². The Hall–Kier alpha value is 0.427. The predicted molar refractivity (Wildman–Crippen MR) is 72.9 cm³/mol. The molecule has 4 heteroatoms. The molecule has 16 heavy (non-hydrogen) atoms. The predicted octanol–water partition coefficient (Wildman–Crippen LogP) is 4.45. The van der Waals surface area contributed by atoms with Gasteiger partial charge >= 0.3 is 7.87 Å². The van der Waals surface area contributed by atoms with E-state index in [9.17, 15) is 0 Å². The van der Waals surface area contributed by atoms with Gasteiger partial charge in [-0.05, 0) is 32.6 Å². The van der Waals surface area contributed by atoms with Gasteiger partial charge in [0.1, 0.15) is 0 Å². The second-order valence-corrected chi connectivity index (χ2v) is 8.86.